The summed E-state index contributed by atoms with van der Waals surface area (Å²) in [5.41, 5.74) is -0.949. The van der Waals surface area contributed by atoms with Crippen molar-refractivity contribution in [2.24, 2.45) is 21.7 Å². The highest BCUT2D eigenvalue weighted by molar-refractivity contribution is 5.76. The van der Waals surface area contributed by atoms with Gasteiger partial charge in [0.15, 0.2) is 0 Å². The molecule has 0 fully saturated rings. The van der Waals surface area contributed by atoms with Gasteiger partial charge in [-0.2, -0.15) is 0 Å². The van der Waals surface area contributed by atoms with Crippen LogP contribution in [0, 0.1) is 21.7 Å². The van der Waals surface area contributed by atoms with Crippen molar-refractivity contribution in [1.29, 1.82) is 0 Å². The van der Waals surface area contributed by atoms with E-state index in [1.165, 1.54) is 604 Å². The molecule has 0 rings (SSSR count). The van der Waals surface area contributed by atoms with Gasteiger partial charge in [-0.05, 0) is 99.7 Å². The fourth-order valence-electron chi connectivity index (χ4n) is 22.5. The second-order valence-corrected chi connectivity index (χ2v) is 40.2. The Morgan fingerprint density at radius 3 is 0.491 bits per heavy atom. The zero-order valence-electron chi connectivity index (χ0n) is 82.8. The molecule has 0 atom stereocenters. The number of allylic oxidation sites excluding steroid dienone is 2. The highest BCUT2D eigenvalue weighted by atomic mass is 16.4. The van der Waals surface area contributed by atoms with E-state index < -0.39 is 5.41 Å². The average molecular weight is 1630 g/mol. The molecule has 0 saturated heterocycles. The number of unbranched alkanes of at least 4 members (excludes halogenated alkanes) is 79. The van der Waals surface area contributed by atoms with Gasteiger partial charge in [-0.25, -0.2) is 0 Å². The predicted octanol–water partition coefficient (Wildman–Crippen LogP) is 43.0. The van der Waals surface area contributed by atoms with Crippen molar-refractivity contribution >= 4 is 5.97 Å². The van der Waals surface area contributed by atoms with Crippen molar-refractivity contribution in [3.05, 3.63) is 12.2 Å². The lowest BCUT2D eigenvalue weighted by molar-refractivity contribution is -0.215. The van der Waals surface area contributed by atoms with Gasteiger partial charge in [0.05, 0.1) is 5.41 Å². The molecule has 694 valence electrons. The molecular weight excluding hydrogens is 1400 g/mol. The maximum absolute atomic E-state index is 17.0. The third-order valence-corrected chi connectivity index (χ3v) is 29.9. The number of carboxylic acid groups (broad SMARTS) is 1. The van der Waals surface area contributed by atoms with Gasteiger partial charge >= 0.3 is 5.97 Å². The summed E-state index contributed by atoms with van der Waals surface area (Å²) in [6.07, 6.45) is 138. The molecule has 0 aromatic heterocycles. The first kappa shape index (κ1) is 115. The Balaban J connectivity index is 9.90. The minimum absolute atomic E-state index is 0.0466. The molecule has 0 aliphatic rings. The summed E-state index contributed by atoms with van der Waals surface area (Å²) in [6, 6.07) is 0. The maximum atomic E-state index is 17.0. The topological polar surface area (TPSA) is 37.3 Å². The van der Waals surface area contributed by atoms with Crippen LogP contribution < -0.4 is 0 Å². The van der Waals surface area contributed by atoms with Crippen LogP contribution in [0.25, 0.3) is 0 Å². The van der Waals surface area contributed by atoms with Crippen molar-refractivity contribution in [2.45, 2.75) is 692 Å². The van der Waals surface area contributed by atoms with E-state index in [-0.39, 0.29) is 22.2 Å². The Kier molecular flexibility index (Phi) is 91.3. The Labute approximate surface area is 736 Å². The molecule has 0 amide bonds. The van der Waals surface area contributed by atoms with Crippen molar-refractivity contribution < 1.29 is 9.90 Å². The van der Waals surface area contributed by atoms with E-state index in [1.807, 2.05) is 0 Å². The van der Waals surface area contributed by atoms with Crippen LogP contribution >= 0.6 is 0 Å². The first-order chi connectivity index (χ1) is 57.2. The summed E-state index contributed by atoms with van der Waals surface area (Å²) in [5, 5.41) is 14.0. The Morgan fingerprint density at radius 1 is 0.164 bits per heavy atom. The van der Waals surface area contributed by atoms with E-state index in [9.17, 15) is 5.11 Å². The first-order valence-corrected chi connectivity index (χ1v) is 56.1. The van der Waals surface area contributed by atoms with E-state index in [0.29, 0.717) is 0 Å². The van der Waals surface area contributed by atoms with E-state index in [1.54, 1.807) is 0 Å². The number of carbonyl (C=O) groups is 1. The molecule has 0 aromatic rings. The maximum Gasteiger partial charge on any atom is 0.310 e. The highest BCUT2D eigenvalue weighted by Crippen LogP contribution is 2.74. The Morgan fingerprint density at radius 2 is 0.302 bits per heavy atom. The van der Waals surface area contributed by atoms with Crippen molar-refractivity contribution in [3.63, 3.8) is 0 Å². The molecule has 0 saturated carbocycles. The third-order valence-electron chi connectivity index (χ3n) is 29.9. The summed E-state index contributed by atoms with van der Waals surface area (Å²) < 4.78 is 0. The molecule has 2 heteroatoms. The molecule has 0 aliphatic heterocycles. The monoisotopic (exact) mass is 1630 g/mol. The van der Waals surface area contributed by atoms with Crippen LogP contribution in [0.5, 0.6) is 0 Å². The largest absolute Gasteiger partial charge is 0.481 e. The minimum Gasteiger partial charge on any atom is -0.481 e. The highest BCUT2D eigenvalue weighted by Gasteiger charge is 2.68. The van der Waals surface area contributed by atoms with Gasteiger partial charge in [0.25, 0.3) is 0 Å². The van der Waals surface area contributed by atoms with Crippen molar-refractivity contribution in [3.8, 4) is 0 Å². The summed E-state index contributed by atoms with van der Waals surface area (Å²) in [7, 11) is 0. The molecule has 1 N–H and O–H groups in total. The minimum atomic E-state index is -0.735. The summed E-state index contributed by atoms with van der Waals surface area (Å²) in [5.74, 6) is -0.288. The third kappa shape index (κ3) is 63.2. The molecular formula is C114H226O2. The summed E-state index contributed by atoms with van der Waals surface area (Å²) in [6.45, 7) is 21.4. The van der Waals surface area contributed by atoms with Crippen molar-refractivity contribution in [1.82, 2.24) is 0 Å². The lowest BCUT2D eigenvalue weighted by Gasteiger charge is -2.68. The van der Waals surface area contributed by atoms with Crippen LogP contribution in [0.2, 0.25) is 0 Å². The van der Waals surface area contributed by atoms with E-state index >= 15 is 4.79 Å². The van der Waals surface area contributed by atoms with E-state index in [0.717, 1.165) is 25.7 Å². The Hall–Kier alpha value is -0.790. The van der Waals surface area contributed by atoms with Crippen LogP contribution in [-0.4, -0.2) is 11.1 Å². The smallest absolute Gasteiger partial charge is 0.310 e. The average Bonchev–Trinajstić information content (AvgIpc) is 0.691. The number of rotatable bonds is 103. The van der Waals surface area contributed by atoms with Crippen molar-refractivity contribution in [2.75, 3.05) is 0 Å². The standard InChI is InChI=1S/C114H226O2/c1-10-19-28-37-46-55-64-67-76-85-94-103-111(101-92-83-74-65-56-47-38-29-20-11-2,102-93-84-75-66-57-48-39-30-21-12-3)113(106-97-88-79-70-60-51-42-33-24-15-6,107-98-89-80-71-61-52-43-34-25-16-7)114(108-99-90-81-72-62-53-44-35-26-17-8,109-100-91-82-73-63-54-45-36-27-18-9)112(110(115)116,104-95-86-77-68-58-49-40-31-22-13-4)105-96-87-78-69-59-50-41-32-23-14-5/h67,76H,10-66,68-75,77-109H2,1-9H3,(H,115,116). The quantitative estimate of drug-likeness (QED) is 0.0487. The zero-order chi connectivity index (χ0) is 84.3. The molecule has 0 radical (unpaired) electrons. The molecule has 0 aromatic carbocycles. The van der Waals surface area contributed by atoms with E-state index in [2.05, 4.69) is 74.5 Å². The SMILES string of the molecule is CCCCCCCCC=CCCCC(CCCCCCCCCCCC)(CCCCCCCCCCCC)C(CCCCCCCCCCCC)(CCCCCCCCCCCC)C(CCCCCCCCCCCC)(CCCCCCCCCCCC)C(CCCCCCCCCCCC)(CCCCCCCCCCCC)C(=O)O. The van der Waals surface area contributed by atoms with Gasteiger partial charge in [-0.3, -0.25) is 4.79 Å². The Bertz CT molecular complexity index is 1780. The number of aliphatic carboxylic acids is 1. The normalized spacial score (nSPS) is 12.5. The summed E-state index contributed by atoms with van der Waals surface area (Å²) >= 11 is 0. The van der Waals surface area contributed by atoms with Gasteiger partial charge < -0.3 is 5.11 Å². The van der Waals surface area contributed by atoms with Gasteiger partial charge in [0.2, 0.25) is 0 Å². The molecule has 2 nitrogen and oxygen atoms in total. The van der Waals surface area contributed by atoms with Crippen LogP contribution in [0.15, 0.2) is 12.2 Å². The first-order valence-electron chi connectivity index (χ1n) is 56.1. The number of hydrogen-bond acceptors (Lipinski definition) is 1. The number of carboxylic acids is 1. The lowest BCUT2D eigenvalue weighted by Crippen LogP contribution is -2.63. The van der Waals surface area contributed by atoms with Gasteiger partial charge in [0, 0.05) is 0 Å². The van der Waals surface area contributed by atoms with Crippen LogP contribution in [0.4, 0.5) is 0 Å². The second-order valence-electron chi connectivity index (χ2n) is 40.2. The predicted molar refractivity (Wildman–Crippen MR) is 530 cm³/mol. The molecule has 0 heterocycles. The molecule has 0 unspecified atom stereocenters. The zero-order valence-corrected chi connectivity index (χ0v) is 82.8. The lowest BCUT2D eigenvalue weighted by atomic mass is 9.35. The van der Waals surface area contributed by atoms with E-state index in [4.69, 9.17) is 0 Å². The summed E-state index contributed by atoms with van der Waals surface area (Å²) in [4.78, 5) is 17.0. The fourth-order valence-corrected chi connectivity index (χ4v) is 22.5. The molecule has 116 heavy (non-hydrogen) atoms. The van der Waals surface area contributed by atoms with Crippen LogP contribution in [-0.2, 0) is 4.79 Å². The van der Waals surface area contributed by atoms with Gasteiger partial charge in [-0.1, -0.05) is 620 Å². The molecule has 0 bridgehead atoms. The van der Waals surface area contributed by atoms with Gasteiger partial charge in [-0.15, -0.1) is 0 Å². The molecule has 0 aliphatic carbocycles. The van der Waals surface area contributed by atoms with Gasteiger partial charge in [0.1, 0.15) is 0 Å². The van der Waals surface area contributed by atoms with Crippen LogP contribution in [0.1, 0.15) is 692 Å². The molecule has 0 spiro atoms. The fraction of sp³-hybridized carbons (Fsp3) is 0.974. The van der Waals surface area contributed by atoms with Crippen LogP contribution in [0.3, 0.4) is 0 Å². The number of hydrogen-bond donors (Lipinski definition) is 1. The second kappa shape index (κ2) is 91.9.